The summed E-state index contributed by atoms with van der Waals surface area (Å²) in [6, 6.07) is 15.3. The van der Waals surface area contributed by atoms with Crippen molar-refractivity contribution in [1.82, 2.24) is 14.8 Å². The predicted octanol–water partition coefficient (Wildman–Crippen LogP) is 2.26. The summed E-state index contributed by atoms with van der Waals surface area (Å²) >= 11 is 0. The fraction of sp³-hybridized carbons (Fsp3) is 0.393. The predicted molar refractivity (Wildman–Crippen MR) is 149 cm³/mol. The van der Waals surface area contributed by atoms with Crippen LogP contribution in [-0.4, -0.2) is 75.1 Å². The van der Waals surface area contributed by atoms with Crippen LogP contribution in [0, 0.1) is 0 Å². The molecule has 3 aromatic rings. The molecule has 1 atom stereocenters. The Balaban J connectivity index is 1.74. The van der Waals surface area contributed by atoms with Crippen molar-refractivity contribution in [1.29, 1.82) is 0 Å². The van der Waals surface area contributed by atoms with Crippen LogP contribution in [0.1, 0.15) is 18.9 Å². The van der Waals surface area contributed by atoms with Gasteiger partial charge in [0.1, 0.15) is 4.75 Å². The Morgan fingerprint density at radius 1 is 1.05 bits per heavy atom. The molecule has 0 saturated carbocycles. The molecule has 1 heterocycles. The summed E-state index contributed by atoms with van der Waals surface area (Å²) in [5.41, 5.74) is 2.73. The highest BCUT2D eigenvalue weighted by Crippen LogP contribution is 2.25. The molecule has 0 fully saturated rings. The van der Waals surface area contributed by atoms with Crippen molar-refractivity contribution in [3.8, 4) is 11.1 Å². The highest BCUT2D eigenvalue weighted by molar-refractivity contribution is 7.92. The number of sulfone groups is 1. The van der Waals surface area contributed by atoms with E-state index in [1.165, 1.54) is 18.5 Å². The number of hydrogen-bond acceptors (Lipinski definition) is 7. The number of carbonyl (C=O) groups is 2. The number of rotatable bonds is 11. The molecule has 0 radical (unpaired) electrons. The maximum atomic E-state index is 13.1. The van der Waals surface area contributed by atoms with Crippen LogP contribution in [-0.2, 0) is 37.1 Å². The second-order valence-electron chi connectivity index (χ2n) is 9.85. The maximum absolute atomic E-state index is 13.1. The average Bonchev–Trinajstić information content (AvgIpc) is 2.86. The number of likely N-dealkylation sites (N-methyl/N-ethyl adjacent to an activating group) is 1. The fourth-order valence-electron chi connectivity index (χ4n) is 4.16. The van der Waals surface area contributed by atoms with Crippen LogP contribution < -0.4 is 10.9 Å². The van der Waals surface area contributed by atoms with E-state index in [0.29, 0.717) is 18.4 Å². The molecule has 0 aliphatic heterocycles. The molecule has 9 nitrogen and oxygen atoms in total. The highest BCUT2D eigenvalue weighted by atomic mass is 32.2. The molecule has 2 aromatic carbocycles. The van der Waals surface area contributed by atoms with Crippen LogP contribution in [0.3, 0.4) is 0 Å². The van der Waals surface area contributed by atoms with Crippen LogP contribution in [0.25, 0.3) is 21.9 Å². The number of hydrogen-bond donors (Lipinski definition) is 1. The number of fused-ring (bicyclic) bond motifs is 1. The molecule has 3 rings (SSSR count). The van der Waals surface area contributed by atoms with E-state index in [-0.39, 0.29) is 31.0 Å². The molecule has 0 aliphatic carbocycles. The SMILES string of the molecule is CNC(=O)[C@@](C)(CCn1ccc2cc(-c3ccc(CCOC(=O)CN(C)C)cc3)ccc2c1=O)S(C)(=O)=O. The summed E-state index contributed by atoms with van der Waals surface area (Å²) in [5.74, 6) is -0.854. The van der Waals surface area contributed by atoms with Crippen LogP contribution in [0.2, 0.25) is 0 Å². The molecular formula is C28H35N3O6S. The molecular weight excluding hydrogens is 506 g/mol. The smallest absolute Gasteiger partial charge is 0.320 e. The Morgan fingerprint density at radius 3 is 2.32 bits per heavy atom. The first kappa shape index (κ1) is 29.1. The normalized spacial score (nSPS) is 13.3. The minimum Gasteiger partial charge on any atom is -0.464 e. The molecule has 0 unspecified atom stereocenters. The number of ether oxygens (including phenoxy) is 1. The molecule has 1 aromatic heterocycles. The number of nitrogens with one attached hydrogen (secondary N) is 1. The lowest BCUT2D eigenvalue weighted by atomic mass is 10.0. The summed E-state index contributed by atoms with van der Waals surface area (Å²) in [6.45, 7) is 2.03. The van der Waals surface area contributed by atoms with Crippen molar-refractivity contribution in [2.45, 2.75) is 31.1 Å². The standard InChI is InChI=1S/C28H35N3O6S/c1-28(27(34)29-2,38(5,35)36)14-16-31-15-12-23-18-22(10-11-24(23)26(31)33)21-8-6-20(7-9-21)13-17-37-25(32)19-30(3)4/h6-12,15,18H,13-14,16-17,19H2,1-5H3,(H,29,34)/t28-/m1/s1. The lowest BCUT2D eigenvalue weighted by Gasteiger charge is -2.26. The first-order chi connectivity index (χ1) is 17.9. The number of nitrogens with zero attached hydrogens (tertiary/aromatic N) is 2. The quantitative estimate of drug-likeness (QED) is 0.370. The average molecular weight is 542 g/mol. The van der Waals surface area contributed by atoms with Gasteiger partial charge in [0, 0.05) is 37.9 Å². The van der Waals surface area contributed by atoms with E-state index in [9.17, 15) is 22.8 Å². The minimum absolute atomic E-state index is 0.0315. The Hall–Kier alpha value is -3.50. The first-order valence-electron chi connectivity index (χ1n) is 12.3. The molecule has 0 bridgehead atoms. The molecule has 204 valence electrons. The highest BCUT2D eigenvalue weighted by Gasteiger charge is 2.42. The van der Waals surface area contributed by atoms with Crippen molar-refractivity contribution in [2.24, 2.45) is 0 Å². The number of aryl methyl sites for hydroxylation is 1. The van der Waals surface area contributed by atoms with Gasteiger partial charge in [-0.3, -0.25) is 19.3 Å². The topological polar surface area (TPSA) is 115 Å². The Labute approximate surface area is 223 Å². The van der Waals surface area contributed by atoms with Gasteiger partial charge >= 0.3 is 5.97 Å². The van der Waals surface area contributed by atoms with Gasteiger partial charge < -0.3 is 14.6 Å². The van der Waals surface area contributed by atoms with Crippen molar-refractivity contribution < 1.29 is 22.7 Å². The van der Waals surface area contributed by atoms with Crippen LogP contribution in [0.4, 0.5) is 0 Å². The summed E-state index contributed by atoms with van der Waals surface area (Å²) in [5, 5.41) is 3.68. The number of pyridine rings is 1. The van der Waals surface area contributed by atoms with Gasteiger partial charge in [0.2, 0.25) is 5.91 Å². The van der Waals surface area contributed by atoms with E-state index >= 15 is 0 Å². The summed E-state index contributed by atoms with van der Waals surface area (Å²) in [7, 11) is 1.31. The summed E-state index contributed by atoms with van der Waals surface area (Å²) in [4.78, 5) is 38.8. The maximum Gasteiger partial charge on any atom is 0.320 e. The van der Waals surface area contributed by atoms with Crippen molar-refractivity contribution in [2.75, 3.05) is 40.6 Å². The molecule has 1 N–H and O–H groups in total. The largest absolute Gasteiger partial charge is 0.464 e. The summed E-state index contributed by atoms with van der Waals surface area (Å²) < 4.78 is 29.7. The van der Waals surface area contributed by atoms with E-state index in [4.69, 9.17) is 4.74 Å². The zero-order valence-electron chi connectivity index (χ0n) is 22.5. The van der Waals surface area contributed by atoms with Gasteiger partial charge in [-0.05, 0) is 67.7 Å². The van der Waals surface area contributed by atoms with Gasteiger partial charge in [0.05, 0.1) is 13.2 Å². The molecule has 0 spiro atoms. The fourth-order valence-corrected chi connectivity index (χ4v) is 5.06. The number of esters is 1. The molecule has 0 aliphatic rings. The number of carbonyl (C=O) groups excluding carboxylic acids is 2. The van der Waals surface area contributed by atoms with Crippen LogP contribution in [0.5, 0.6) is 0 Å². The third kappa shape index (κ3) is 6.68. The Kier molecular flexibility index (Phi) is 9.11. The van der Waals surface area contributed by atoms with E-state index in [1.54, 1.807) is 17.2 Å². The Bertz CT molecular complexity index is 1480. The zero-order chi connectivity index (χ0) is 28.1. The van der Waals surface area contributed by atoms with Gasteiger partial charge in [-0.1, -0.05) is 30.3 Å². The van der Waals surface area contributed by atoms with Crippen LogP contribution in [0.15, 0.2) is 59.5 Å². The van der Waals surface area contributed by atoms with E-state index in [1.807, 2.05) is 56.6 Å². The molecule has 0 saturated heterocycles. The van der Waals surface area contributed by atoms with Gasteiger partial charge in [0.25, 0.3) is 5.56 Å². The van der Waals surface area contributed by atoms with Gasteiger partial charge in [-0.2, -0.15) is 0 Å². The van der Waals surface area contributed by atoms with Gasteiger partial charge in [-0.25, -0.2) is 8.42 Å². The number of aromatic nitrogens is 1. The molecule has 10 heteroatoms. The summed E-state index contributed by atoms with van der Waals surface area (Å²) in [6.07, 6.45) is 3.24. The monoisotopic (exact) mass is 541 g/mol. The van der Waals surface area contributed by atoms with E-state index < -0.39 is 20.5 Å². The van der Waals surface area contributed by atoms with Gasteiger partial charge in [-0.15, -0.1) is 0 Å². The van der Waals surface area contributed by atoms with E-state index in [2.05, 4.69) is 5.32 Å². The number of benzene rings is 2. The van der Waals surface area contributed by atoms with Crippen molar-refractivity contribution >= 4 is 32.5 Å². The third-order valence-corrected chi connectivity index (χ3v) is 8.75. The second kappa shape index (κ2) is 11.9. The van der Waals surface area contributed by atoms with E-state index in [0.717, 1.165) is 28.3 Å². The molecule has 38 heavy (non-hydrogen) atoms. The lowest BCUT2D eigenvalue weighted by Crippen LogP contribution is -2.49. The first-order valence-corrected chi connectivity index (χ1v) is 14.2. The lowest BCUT2D eigenvalue weighted by molar-refractivity contribution is -0.144. The second-order valence-corrected chi connectivity index (χ2v) is 12.3. The Morgan fingerprint density at radius 2 is 1.71 bits per heavy atom. The third-order valence-electron chi connectivity index (χ3n) is 6.72. The van der Waals surface area contributed by atoms with Crippen molar-refractivity contribution in [3.63, 3.8) is 0 Å². The molecule has 1 amide bonds. The zero-order valence-corrected chi connectivity index (χ0v) is 23.3. The van der Waals surface area contributed by atoms with Crippen LogP contribution >= 0.6 is 0 Å². The van der Waals surface area contributed by atoms with Crippen molar-refractivity contribution in [3.05, 3.63) is 70.6 Å². The van der Waals surface area contributed by atoms with Gasteiger partial charge in [0.15, 0.2) is 9.84 Å². The number of amides is 1. The minimum atomic E-state index is -3.71.